The predicted molar refractivity (Wildman–Crippen MR) is 94.0 cm³/mol. The highest BCUT2D eigenvalue weighted by Gasteiger charge is 1.99. The Bertz CT molecular complexity index is 692. The van der Waals surface area contributed by atoms with Gasteiger partial charge in [0.25, 0.3) is 0 Å². The minimum atomic E-state index is 0.988. The van der Waals surface area contributed by atoms with Gasteiger partial charge in [-0.25, -0.2) is 0 Å². The number of hydrogen-bond acceptors (Lipinski definition) is 3. The van der Waals surface area contributed by atoms with Crippen molar-refractivity contribution in [1.82, 2.24) is 0 Å². The molecular formula is C18H15NS2. The topological polar surface area (TPSA) is 12.0 Å². The predicted octanol–water partition coefficient (Wildman–Crippen LogP) is 5.87. The van der Waals surface area contributed by atoms with Crippen LogP contribution in [-0.4, -0.2) is 0 Å². The summed E-state index contributed by atoms with van der Waals surface area (Å²) in [5.41, 5.74) is 2.19. The zero-order valence-corrected chi connectivity index (χ0v) is 13.1. The maximum Gasteiger partial charge on any atom is 0.0385 e. The number of anilines is 2. The highest BCUT2D eigenvalue weighted by molar-refractivity contribution is 7.99. The van der Waals surface area contributed by atoms with E-state index in [2.05, 4.69) is 66.5 Å². The van der Waals surface area contributed by atoms with Gasteiger partial charge >= 0.3 is 0 Å². The Morgan fingerprint density at radius 3 is 1.76 bits per heavy atom. The number of benzene rings is 3. The standard InChI is InChI=1S/C18H15NS2/c20-16-8-12-18(13-9-16)21-17-10-6-15(7-11-17)19-14-4-2-1-3-5-14/h1-13,19-20H. The van der Waals surface area contributed by atoms with Gasteiger partial charge in [-0.3, -0.25) is 0 Å². The second kappa shape index (κ2) is 6.74. The highest BCUT2D eigenvalue weighted by atomic mass is 32.2. The quantitative estimate of drug-likeness (QED) is 0.585. The van der Waals surface area contributed by atoms with Crippen LogP contribution >= 0.6 is 24.4 Å². The third-order valence-corrected chi connectivity index (χ3v) is 4.30. The first-order valence-electron chi connectivity index (χ1n) is 6.69. The van der Waals surface area contributed by atoms with Crippen molar-refractivity contribution >= 4 is 35.8 Å². The molecule has 0 aliphatic rings. The molecule has 1 nitrogen and oxygen atoms in total. The number of hydrogen-bond donors (Lipinski definition) is 2. The number of para-hydroxylation sites is 1. The fraction of sp³-hybridized carbons (Fsp3) is 0. The number of rotatable bonds is 4. The van der Waals surface area contributed by atoms with Crippen LogP contribution in [0.5, 0.6) is 0 Å². The van der Waals surface area contributed by atoms with Crippen molar-refractivity contribution in [3.8, 4) is 0 Å². The van der Waals surface area contributed by atoms with Crippen molar-refractivity contribution in [1.29, 1.82) is 0 Å². The van der Waals surface area contributed by atoms with Gasteiger partial charge < -0.3 is 5.32 Å². The fourth-order valence-corrected chi connectivity index (χ4v) is 2.91. The minimum Gasteiger partial charge on any atom is -0.356 e. The van der Waals surface area contributed by atoms with Crippen molar-refractivity contribution in [2.24, 2.45) is 0 Å². The van der Waals surface area contributed by atoms with Crippen molar-refractivity contribution in [3.05, 3.63) is 78.9 Å². The summed E-state index contributed by atoms with van der Waals surface area (Å²) in [5.74, 6) is 0. The molecule has 0 heterocycles. The molecule has 104 valence electrons. The maximum absolute atomic E-state index is 4.30. The van der Waals surface area contributed by atoms with Crippen LogP contribution in [0, 0.1) is 0 Å². The lowest BCUT2D eigenvalue weighted by atomic mass is 10.3. The molecule has 0 saturated heterocycles. The molecule has 3 aromatic carbocycles. The molecule has 0 bridgehead atoms. The highest BCUT2D eigenvalue weighted by Crippen LogP contribution is 2.29. The van der Waals surface area contributed by atoms with E-state index in [0.29, 0.717) is 0 Å². The van der Waals surface area contributed by atoms with Gasteiger partial charge in [0.05, 0.1) is 0 Å². The van der Waals surface area contributed by atoms with Gasteiger partial charge in [0.15, 0.2) is 0 Å². The van der Waals surface area contributed by atoms with Crippen molar-refractivity contribution < 1.29 is 0 Å². The molecule has 0 amide bonds. The summed E-state index contributed by atoms with van der Waals surface area (Å²) in [7, 11) is 0. The van der Waals surface area contributed by atoms with E-state index < -0.39 is 0 Å². The summed E-state index contributed by atoms with van der Waals surface area (Å²) in [6.45, 7) is 0. The summed E-state index contributed by atoms with van der Waals surface area (Å²) < 4.78 is 0. The van der Waals surface area contributed by atoms with E-state index in [0.717, 1.165) is 16.3 Å². The molecule has 0 spiro atoms. The fourth-order valence-electron chi connectivity index (χ4n) is 1.94. The second-order valence-electron chi connectivity index (χ2n) is 4.61. The molecule has 0 unspecified atom stereocenters. The Hall–Kier alpha value is -1.84. The number of nitrogens with one attached hydrogen (secondary N) is 1. The van der Waals surface area contributed by atoms with Gasteiger partial charge in [-0.2, -0.15) is 0 Å². The lowest BCUT2D eigenvalue weighted by molar-refractivity contribution is 1.34. The van der Waals surface area contributed by atoms with Gasteiger partial charge in [0.2, 0.25) is 0 Å². The first kappa shape index (κ1) is 14.1. The molecule has 0 aliphatic carbocycles. The van der Waals surface area contributed by atoms with E-state index >= 15 is 0 Å². The smallest absolute Gasteiger partial charge is 0.0385 e. The Morgan fingerprint density at radius 1 is 0.619 bits per heavy atom. The molecule has 1 N–H and O–H groups in total. The molecule has 3 heteroatoms. The average Bonchev–Trinajstić information content (AvgIpc) is 2.53. The maximum atomic E-state index is 4.30. The third kappa shape index (κ3) is 4.06. The molecule has 0 aromatic heterocycles. The molecule has 3 rings (SSSR count). The van der Waals surface area contributed by atoms with E-state index in [1.54, 1.807) is 11.8 Å². The minimum absolute atomic E-state index is 0.988. The van der Waals surface area contributed by atoms with Crippen LogP contribution in [0.3, 0.4) is 0 Å². The van der Waals surface area contributed by atoms with E-state index in [9.17, 15) is 0 Å². The zero-order valence-electron chi connectivity index (χ0n) is 11.4. The van der Waals surface area contributed by atoms with E-state index in [-0.39, 0.29) is 0 Å². The molecule has 0 aliphatic heterocycles. The third-order valence-electron chi connectivity index (χ3n) is 2.99. The van der Waals surface area contributed by atoms with Gasteiger partial charge in [-0.1, -0.05) is 30.0 Å². The normalized spacial score (nSPS) is 10.3. The largest absolute Gasteiger partial charge is 0.356 e. The number of thiol groups is 1. The summed E-state index contributed by atoms with van der Waals surface area (Å²) >= 11 is 6.05. The molecule has 0 atom stereocenters. The summed E-state index contributed by atoms with van der Waals surface area (Å²) in [6, 6.07) is 26.8. The molecule has 0 radical (unpaired) electrons. The van der Waals surface area contributed by atoms with Crippen molar-refractivity contribution in [2.75, 3.05) is 5.32 Å². The van der Waals surface area contributed by atoms with Gasteiger partial charge in [0.1, 0.15) is 0 Å². The first-order chi connectivity index (χ1) is 10.3. The van der Waals surface area contributed by atoms with Crippen LogP contribution in [0.15, 0.2) is 93.5 Å². The molecular weight excluding hydrogens is 294 g/mol. The van der Waals surface area contributed by atoms with Crippen LogP contribution in [0.2, 0.25) is 0 Å². The zero-order chi connectivity index (χ0) is 14.5. The lowest BCUT2D eigenvalue weighted by Gasteiger charge is -2.07. The van der Waals surface area contributed by atoms with Crippen LogP contribution in [0.25, 0.3) is 0 Å². The SMILES string of the molecule is Sc1ccc(Sc2ccc(Nc3ccccc3)cc2)cc1. The van der Waals surface area contributed by atoms with Crippen LogP contribution in [0.4, 0.5) is 11.4 Å². The summed E-state index contributed by atoms with van der Waals surface area (Å²) in [5, 5.41) is 3.38. The van der Waals surface area contributed by atoms with Crippen LogP contribution in [-0.2, 0) is 0 Å². The van der Waals surface area contributed by atoms with Crippen molar-refractivity contribution in [3.63, 3.8) is 0 Å². The monoisotopic (exact) mass is 309 g/mol. The summed E-state index contributed by atoms with van der Waals surface area (Å²) in [6.07, 6.45) is 0. The van der Waals surface area contributed by atoms with Gasteiger partial charge in [-0.15, -0.1) is 12.6 Å². The Labute approximate surface area is 134 Å². The van der Waals surface area contributed by atoms with E-state index in [1.165, 1.54) is 9.79 Å². The van der Waals surface area contributed by atoms with Gasteiger partial charge in [-0.05, 0) is 60.7 Å². The Balaban J connectivity index is 1.68. The van der Waals surface area contributed by atoms with Crippen LogP contribution in [0.1, 0.15) is 0 Å². The molecule has 3 aromatic rings. The second-order valence-corrected chi connectivity index (χ2v) is 6.27. The van der Waals surface area contributed by atoms with Gasteiger partial charge in [0, 0.05) is 26.1 Å². The van der Waals surface area contributed by atoms with E-state index in [1.807, 2.05) is 30.3 Å². The molecule has 21 heavy (non-hydrogen) atoms. The summed E-state index contributed by atoms with van der Waals surface area (Å²) in [4.78, 5) is 3.43. The Morgan fingerprint density at radius 2 is 1.14 bits per heavy atom. The first-order valence-corrected chi connectivity index (χ1v) is 7.95. The molecule has 0 fully saturated rings. The van der Waals surface area contributed by atoms with Crippen LogP contribution < -0.4 is 5.32 Å². The molecule has 0 saturated carbocycles. The average molecular weight is 309 g/mol. The van der Waals surface area contributed by atoms with Crippen molar-refractivity contribution in [2.45, 2.75) is 14.7 Å². The Kier molecular flexibility index (Phi) is 4.53. The lowest BCUT2D eigenvalue weighted by Crippen LogP contribution is -1.88. The van der Waals surface area contributed by atoms with E-state index in [4.69, 9.17) is 0 Å².